The maximum Gasteiger partial charge on any atom is 0.323 e. The van der Waals surface area contributed by atoms with Gasteiger partial charge in [-0.15, -0.1) is 23.5 Å². The van der Waals surface area contributed by atoms with Crippen LogP contribution in [0.4, 0.5) is 5.69 Å². The number of aliphatic carboxylic acids is 1. The van der Waals surface area contributed by atoms with Crippen molar-refractivity contribution in [2.75, 3.05) is 23.5 Å². The van der Waals surface area contributed by atoms with Crippen LogP contribution in [-0.2, 0) is 4.79 Å². The van der Waals surface area contributed by atoms with Crippen LogP contribution in [0.3, 0.4) is 0 Å². The van der Waals surface area contributed by atoms with Gasteiger partial charge in [-0.1, -0.05) is 0 Å². The summed E-state index contributed by atoms with van der Waals surface area (Å²) >= 11 is 3.52. The molecule has 1 aliphatic heterocycles. The van der Waals surface area contributed by atoms with Crippen molar-refractivity contribution in [1.82, 2.24) is 0 Å². The minimum absolute atomic E-state index is 0.0767. The minimum Gasteiger partial charge on any atom is -0.480 e. The molecular formula is C12H15NO2S2. The van der Waals surface area contributed by atoms with Gasteiger partial charge in [0.25, 0.3) is 0 Å². The van der Waals surface area contributed by atoms with E-state index >= 15 is 0 Å². The van der Waals surface area contributed by atoms with Crippen molar-refractivity contribution in [3.05, 3.63) is 18.2 Å². The average Bonchev–Trinajstić information content (AvgIpc) is 2.32. The highest BCUT2D eigenvalue weighted by Gasteiger charge is 2.25. The number of nitrogens with zero attached hydrogens (tertiary/aromatic N) is 1. The molecule has 0 fully saturated rings. The third-order valence-corrected chi connectivity index (χ3v) is 4.81. The number of hydrogen-bond acceptors (Lipinski definition) is 4. The lowest BCUT2D eigenvalue weighted by atomic mass is 10.2. The van der Waals surface area contributed by atoms with Crippen molar-refractivity contribution < 1.29 is 9.90 Å². The fourth-order valence-corrected chi connectivity index (χ4v) is 3.56. The Bertz CT molecular complexity index is 437. The summed E-state index contributed by atoms with van der Waals surface area (Å²) < 4.78 is 0. The number of rotatable bonds is 3. The van der Waals surface area contributed by atoms with E-state index in [1.54, 1.807) is 11.8 Å². The molecule has 0 saturated heterocycles. The lowest BCUT2D eigenvalue weighted by molar-refractivity contribution is -0.135. The summed E-state index contributed by atoms with van der Waals surface area (Å²) in [4.78, 5) is 15.3. The van der Waals surface area contributed by atoms with Crippen LogP contribution in [0.5, 0.6) is 0 Å². The molecule has 5 heteroatoms. The van der Waals surface area contributed by atoms with E-state index in [9.17, 15) is 4.79 Å². The second-order valence-electron chi connectivity index (χ2n) is 4.02. The van der Waals surface area contributed by atoms with Crippen LogP contribution in [-0.4, -0.2) is 35.7 Å². The molecule has 1 unspecified atom stereocenters. The second kappa shape index (κ2) is 5.23. The van der Waals surface area contributed by atoms with Crippen molar-refractivity contribution in [2.24, 2.45) is 0 Å². The zero-order chi connectivity index (χ0) is 12.4. The predicted molar refractivity (Wildman–Crippen MR) is 73.4 cm³/mol. The predicted octanol–water partition coefficient (Wildman–Crippen LogP) is 2.79. The van der Waals surface area contributed by atoms with Crippen molar-refractivity contribution in [2.45, 2.75) is 22.8 Å². The van der Waals surface area contributed by atoms with Gasteiger partial charge in [-0.25, -0.2) is 0 Å². The topological polar surface area (TPSA) is 40.5 Å². The van der Waals surface area contributed by atoms with E-state index < -0.39 is 5.97 Å². The molecule has 92 valence electrons. The third-order valence-electron chi connectivity index (χ3n) is 2.79. The maximum atomic E-state index is 10.9. The molecule has 1 heterocycles. The van der Waals surface area contributed by atoms with Gasteiger partial charge >= 0.3 is 5.97 Å². The molecule has 1 N–H and O–H groups in total. The highest BCUT2D eigenvalue weighted by atomic mass is 32.2. The molecule has 0 aliphatic carbocycles. The van der Waals surface area contributed by atoms with Crippen LogP contribution in [0.2, 0.25) is 0 Å². The Hall–Kier alpha value is -0.810. The molecule has 1 aromatic rings. The molecular weight excluding hydrogens is 254 g/mol. The fraction of sp³-hybridized carbons (Fsp3) is 0.417. The van der Waals surface area contributed by atoms with Gasteiger partial charge < -0.3 is 10.0 Å². The molecule has 2 rings (SSSR count). The first-order chi connectivity index (χ1) is 8.11. The fourth-order valence-electron chi connectivity index (χ4n) is 1.90. The highest BCUT2D eigenvalue weighted by molar-refractivity contribution is 8.00. The van der Waals surface area contributed by atoms with Crippen LogP contribution < -0.4 is 4.90 Å². The Morgan fingerprint density at radius 1 is 1.65 bits per heavy atom. The summed E-state index contributed by atoms with van der Waals surface area (Å²) in [6.45, 7) is 2.15. The molecule has 0 aromatic heterocycles. The number of carbonyl (C=O) groups is 1. The molecule has 0 bridgehead atoms. The minimum atomic E-state index is -0.774. The zero-order valence-electron chi connectivity index (χ0n) is 9.84. The maximum absolute atomic E-state index is 10.9. The van der Waals surface area contributed by atoms with Crippen molar-refractivity contribution >= 4 is 35.2 Å². The van der Waals surface area contributed by atoms with Gasteiger partial charge in [-0.05, 0) is 31.4 Å². The van der Waals surface area contributed by atoms with Gasteiger partial charge in [0.2, 0.25) is 0 Å². The molecule has 0 amide bonds. The number of carboxylic acids is 1. The molecule has 0 spiro atoms. The third kappa shape index (κ3) is 2.72. The van der Waals surface area contributed by atoms with E-state index in [0.29, 0.717) is 0 Å². The van der Waals surface area contributed by atoms with Crippen LogP contribution in [0.25, 0.3) is 0 Å². The first-order valence-corrected chi connectivity index (χ1v) is 7.62. The number of hydrogen-bond donors (Lipinski definition) is 1. The lowest BCUT2D eigenvalue weighted by Crippen LogP contribution is -2.41. The first-order valence-electron chi connectivity index (χ1n) is 5.41. The number of thioether (sulfide) groups is 2. The number of anilines is 1. The van der Waals surface area contributed by atoms with E-state index in [-0.39, 0.29) is 12.6 Å². The summed E-state index contributed by atoms with van der Waals surface area (Å²) in [6, 6.07) is 6.50. The van der Waals surface area contributed by atoms with Gasteiger partial charge in [-0.3, -0.25) is 4.79 Å². The Labute approximate surface area is 110 Å². The highest BCUT2D eigenvalue weighted by Crippen LogP contribution is 2.39. The molecule has 1 aromatic carbocycles. The Kier molecular flexibility index (Phi) is 3.89. The Balaban J connectivity index is 2.34. The second-order valence-corrected chi connectivity index (χ2v) is 5.96. The van der Waals surface area contributed by atoms with Crippen molar-refractivity contribution in [1.29, 1.82) is 0 Å². The molecule has 0 radical (unpaired) electrons. The quantitative estimate of drug-likeness (QED) is 0.854. The zero-order valence-corrected chi connectivity index (χ0v) is 11.5. The molecule has 17 heavy (non-hydrogen) atoms. The smallest absolute Gasteiger partial charge is 0.323 e. The van der Waals surface area contributed by atoms with E-state index in [4.69, 9.17) is 5.11 Å². The van der Waals surface area contributed by atoms with Gasteiger partial charge in [-0.2, -0.15) is 0 Å². The van der Waals surface area contributed by atoms with Gasteiger partial charge in [0.15, 0.2) is 0 Å². The first kappa shape index (κ1) is 12.6. The normalized spacial score (nSPS) is 18.9. The number of fused-ring (bicyclic) bond motifs is 1. The lowest BCUT2D eigenvalue weighted by Gasteiger charge is -2.35. The summed E-state index contributed by atoms with van der Waals surface area (Å²) in [5, 5.41) is 8.96. The van der Waals surface area contributed by atoms with Crippen molar-refractivity contribution in [3.63, 3.8) is 0 Å². The molecule has 3 nitrogen and oxygen atoms in total. The van der Waals surface area contributed by atoms with Crippen LogP contribution in [0, 0.1) is 0 Å². The summed E-state index contributed by atoms with van der Waals surface area (Å²) in [5.41, 5.74) is 1.05. The number of carboxylic acid groups (broad SMARTS) is 1. The summed E-state index contributed by atoms with van der Waals surface area (Å²) in [6.07, 6.45) is 2.05. The Morgan fingerprint density at radius 3 is 3.06 bits per heavy atom. The SMILES string of the molecule is CSc1ccc2c(c1)SCC(C)N2CC(=O)O. The van der Waals surface area contributed by atoms with E-state index in [0.717, 1.165) is 11.4 Å². The van der Waals surface area contributed by atoms with Gasteiger partial charge in [0.1, 0.15) is 6.54 Å². The summed E-state index contributed by atoms with van der Waals surface area (Å²) in [7, 11) is 0. The largest absolute Gasteiger partial charge is 0.480 e. The van der Waals surface area contributed by atoms with Crippen LogP contribution in [0.1, 0.15) is 6.92 Å². The van der Waals surface area contributed by atoms with E-state index in [2.05, 4.69) is 19.1 Å². The molecule has 1 aliphatic rings. The van der Waals surface area contributed by atoms with Crippen molar-refractivity contribution in [3.8, 4) is 0 Å². The monoisotopic (exact) mass is 269 g/mol. The molecule has 0 saturated carbocycles. The summed E-state index contributed by atoms with van der Waals surface area (Å²) in [5.74, 6) is 0.168. The standard InChI is InChI=1S/C12H15NO2S2/c1-8-7-17-11-5-9(16-2)3-4-10(11)13(8)6-12(14)15/h3-5,8H,6-7H2,1-2H3,(H,14,15). The average molecular weight is 269 g/mol. The van der Waals surface area contributed by atoms with Crippen LogP contribution in [0.15, 0.2) is 28.0 Å². The van der Waals surface area contributed by atoms with E-state index in [1.165, 1.54) is 9.79 Å². The van der Waals surface area contributed by atoms with Gasteiger partial charge in [0, 0.05) is 21.6 Å². The van der Waals surface area contributed by atoms with E-state index in [1.807, 2.05) is 29.0 Å². The van der Waals surface area contributed by atoms with Gasteiger partial charge in [0.05, 0.1) is 5.69 Å². The molecule has 1 atom stereocenters. The van der Waals surface area contributed by atoms with Crippen LogP contribution >= 0.6 is 23.5 Å². The number of benzene rings is 1. The Morgan fingerprint density at radius 2 is 2.41 bits per heavy atom.